The molecule has 0 saturated heterocycles. The van der Waals surface area contributed by atoms with Crippen LogP contribution in [-0.4, -0.2) is 20.9 Å². The standard InChI is InChI=1S/C16H19N3O2/c1-10-7-13(8-11(2)17-10)16-18-15(21-19-16)9-14(20)12-5-3-4-6-12/h7-8,12H,3-6,9H2,1-2H3. The highest BCUT2D eigenvalue weighted by Gasteiger charge is 2.24. The third-order valence-corrected chi connectivity index (χ3v) is 3.94. The van der Waals surface area contributed by atoms with Gasteiger partial charge in [-0.25, -0.2) is 0 Å². The molecule has 0 bridgehead atoms. The molecule has 0 aromatic carbocycles. The maximum Gasteiger partial charge on any atom is 0.234 e. The summed E-state index contributed by atoms with van der Waals surface area (Å²) in [5.74, 6) is 1.35. The van der Waals surface area contributed by atoms with Crippen molar-refractivity contribution in [1.82, 2.24) is 15.1 Å². The van der Waals surface area contributed by atoms with Gasteiger partial charge in [-0.05, 0) is 38.8 Å². The van der Waals surface area contributed by atoms with Crippen LogP contribution >= 0.6 is 0 Å². The van der Waals surface area contributed by atoms with Gasteiger partial charge in [0.1, 0.15) is 5.78 Å². The number of pyridine rings is 1. The first-order chi connectivity index (χ1) is 10.1. The molecule has 21 heavy (non-hydrogen) atoms. The first kappa shape index (κ1) is 13.9. The lowest BCUT2D eigenvalue weighted by molar-refractivity contribution is -0.122. The Hall–Kier alpha value is -2.04. The first-order valence-electron chi connectivity index (χ1n) is 7.43. The molecule has 2 aromatic rings. The molecule has 0 amide bonds. The molecule has 0 radical (unpaired) electrons. The van der Waals surface area contributed by atoms with Crippen molar-refractivity contribution < 1.29 is 9.32 Å². The Morgan fingerprint density at radius 3 is 2.52 bits per heavy atom. The van der Waals surface area contributed by atoms with E-state index in [0.29, 0.717) is 11.7 Å². The maximum absolute atomic E-state index is 12.1. The zero-order valence-electron chi connectivity index (χ0n) is 12.4. The van der Waals surface area contributed by atoms with E-state index in [2.05, 4.69) is 15.1 Å². The van der Waals surface area contributed by atoms with Crippen LogP contribution in [-0.2, 0) is 11.2 Å². The van der Waals surface area contributed by atoms with Gasteiger partial charge in [-0.15, -0.1) is 0 Å². The second kappa shape index (κ2) is 5.76. The smallest absolute Gasteiger partial charge is 0.234 e. The maximum atomic E-state index is 12.1. The highest BCUT2D eigenvalue weighted by atomic mass is 16.5. The summed E-state index contributed by atoms with van der Waals surface area (Å²) < 4.78 is 5.23. The van der Waals surface area contributed by atoms with Gasteiger partial charge in [-0.2, -0.15) is 4.98 Å². The van der Waals surface area contributed by atoms with Crippen LogP contribution in [0.15, 0.2) is 16.7 Å². The lowest BCUT2D eigenvalue weighted by atomic mass is 10.0. The van der Waals surface area contributed by atoms with E-state index in [9.17, 15) is 4.79 Å². The Bertz CT molecular complexity index is 637. The molecular formula is C16H19N3O2. The SMILES string of the molecule is Cc1cc(-c2noc(CC(=O)C3CCCC3)n2)cc(C)n1. The molecule has 1 aliphatic rings. The largest absolute Gasteiger partial charge is 0.339 e. The Kier molecular flexibility index (Phi) is 3.82. The molecule has 0 spiro atoms. The van der Waals surface area contributed by atoms with Gasteiger partial charge in [0.15, 0.2) is 0 Å². The molecule has 1 saturated carbocycles. The third-order valence-electron chi connectivity index (χ3n) is 3.94. The molecule has 2 heterocycles. The molecule has 0 atom stereocenters. The average molecular weight is 285 g/mol. The number of ketones is 1. The van der Waals surface area contributed by atoms with Crippen molar-refractivity contribution in [3.63, 3.8) is 0 Å². The Balaban J connectivity index is 1.75. The van der Waals surface area contributed by atoms with Crippen LogP contribution in [0.1, 0.15) is 43.0 Å². The summed E-state index contributed by atoms with van der Waals surface area (Å²) in [5, 5.41) is 3.98. The Morgan fingerprint density at radius 2 is 1.86 bits per heavy atom. The molecule has 110 valence electrons. The number of aryl methyl sites for hydroxylation is 2. The highest BCUT2D eigenvalue weighted by Crippen LogP contribution is 2.26. The molecule has 0 aliphatic heterocycles. The van der Waals surface area contributed by atoms with Crippen molar-refractivity contribution in [3.05, 3.63) is 29.4 Å². The number of carbonyl (C=O) groups excluding carboxylic acids is 1. The first-order valence-corrected chi connectivity index (χ1v) is 7.43. The molecule has 3 rings (SSSR count). The quantitative estimate of drug-likeness (QED) is 0.863. The van der Waals surface area contributed by atoms with Gasteiger partial charge < -0.3 is 4.52 Å². The number of carbonyl (C=O) groups is 1. The van der Waals surface area contributed by atoms with Crippen molar-refractivity contribution in [1.29, 1.82) is 0 Å². The molecular weight excluding hydrogens is 266 g/mol. The van der Waals surface area contributed by atoms with Crippen molar-refractivity contribution in [2.75, 3.05) is 0 Å². The molecule has 5 nitrogen and oxygen atoms in total. The van der Waals surface area contributed by atoms with E-state index in [0.717, 1.165) is 42.6 Å². The van der Waals surface area contributed by atoms with E-state index >= 15 is 0 Å². The number of hydrogen-bond acceptors (Lipinski definition) is 5. The van der Waals surface area contributed by atoms with Crippen LogP contribution in [0.2, 0.25) is 0 Å². The van der Waals surface area contributed by atoms with Gasteiger partial charge in [0.05, 0.1) is 6.42 Å². The van der Waals surface area contributed by atoms with Crippen molar-refractivity contribution in [3.8, 4) is 11.4 Å². The topological polar surface area (TPSA) is 68.9 Å². The van der Waals surface area contributed by atoms with E-state index in [1.54, 1.807) is 0 Å². The Morgan fingerprint density at radius 1 is 1.19 bits per heavy atom. The van der Waals surface area contributed by atoms with Gasteiger partial charge in [0.25, 0.3) is 0 Å². The van der Waals surface area contributed by atoms with Crippen LogP contribution < -0.4 is 0 Å². The molecule has 1 fully saturated rings. The predicted octanol–water partition coefficient (Wildman–Crippen LogP) is 3.05. The van der Waals surface area contributed by atoms with Crippen LogP contribution in [0, 0.1) is 19.8 Å². The van der Waals surface area contributed by atoms with E-state index in [-0.39, 0.29) is 18.1 Å². The fourth-order valence-corrected chi connectivity index (χ4v) is 2.95. The fourth-order valence-electron chi connectivity index (χ4n) is 2.95. The second-order valence-corrected chi connectivity index (χ2v) is 5.77. The van der Waals surface area contributed by atoms with Gasteiger partial charge in [0, 0.05) is 22.9 Å². The number of hydrogen-bond donors (Lipinski definition) is 0. The summed E-state index contributed by atoms with van der Waals surface area (Å²) in [6.07, 6.45) is 4.56. The molecule has 0 unspecified atom stereocenters. The molecule has 1 aliphatic carbocycles. The van der Waals surface area contributed by atoms with Crippen LogP contribution in [0.5, 0.6) is 0 Å². The summed E-state index contributed by atoms with van der Waals surface area (Å²) in [4.78, 5) is 20.8. The zero-order chi connectivity index (χ0) is 14.8. The number of nitrogens with zero attached hydrogens (tertiary/aromatic N) is 3. The summed E-state index contributed by atoms with van der Waals surface area (Å²) in [7, 11) is 0. The van der Waals surface area contributed by atoms with E-state index in [1.807, 2.05) is 26.0 Å². The van der Waals surface area contributed by atoms with Crippen molar-refractivity contribution in [2.45, 2.75) is 46.0 Å². The molecule has 5 heteroatoms. The minimum Gasteiger partial charge on any atom is -0.339 e. The lowest BCUT2D eigenvalue weighted by Gasteiger charge is -2.04. The van der Waals surface area contributed by atoms with E-state index in [1.165, 1.54) is 0 Å². The predicted molar refractivity (Wildman–Crippen MR) is 77.7 cm³/mol. The summed E-state index contributed by atoms with van der Waals surface area (Å²) in [6, 6.07) is 3.83. The second-order valence-electron chi connectivity index (χ2n) is 5.77. The monoisotopic (exact) mass is 285 g/mol. The molecule has 2 aromatic heterocycles. The van der Waals surface area contributed by atoms with Crippen molar-refractivity contribution in [2.24, 2.45) is 5.92 Å². The number of aromatic nitrogens is 3. The number of Topliss-reactive ketones (excluding diaryl/α,β-unsaturated/α-hetero) is 1. The van der Waals surface area contributed by atoms with E-state index in [4.69, 9.17) is 4.52 Å². The minimum absolute atomic E-state index is 0.186. The lowest BCUT2D eigenvalue weighted by Crippen LogP contribution is -2.13. The summed E-state index contributed by atoms with van der Waals surface area (Å²) in [5.41, 5.74) is 2.71. The average Bonchev–Trinajstić information content (AvgIpc) is 3.08. The summed E-state index contributed by atoms with van der Waals surface area (Å²) in [6.45, 7) is 3.86. The van der Waals surface area contributed by atoms with E-state index < -0.39 is 0 Å². The molecule has 0 N–H and O–H groups in total. The van der Waals surface area contributed by atoms with Gasteiger partial charge in [-0.1, -0.05) is 18.0 Å². The number of rotatable bonds is 4. The zero-order valence-corrected chi connectivity index (χ0v) is 12.4. The fraction of sp³-hybridized carbons (Fsp3) is 0.500. The minimum atomic E-state index is 0.186. The van der Waals surface area contributed by atoms with Crippen LogP contribution in [0.25, 0.3) is 11.4 Å². The van der Waals surface area contributed by atoms with Gasteiger partial charge in [0.2, 0.25) is 11.7 Å². The van der Waals surface area contributed by atoms with Gasteiger partial charge in [-0.3, -0.25) is 9.78 Å². The third kappa shape index (κ3) is 3.17. The van der Waals surface area contributed by atoms with Crippen LogP contribution in [0.3, 0.4) is 0 Å². The highest BCUT2D eigenvalue weighted by molar-refractivity contribution is 5.82. The van der Waals surface area contributed by atoms with Gasteiger partial charge >= 0.3 is 0 Å². The van der Waals surface area contributed by atoms with Crippen molar-refractivity contribution >= 4 is 5.78 Å². The van der Waals surface area contributed by atoms with Crippen LogP contribution in [0.4, 0.5) is 0 Å². The normalized spacial score (nSPS) is 15.5. The summed E-state index contributed by atoms with van der Waals surface area (Å²) >= 11 is 0. The Labute approximate surface area is 123 Å².